The Kier molecular flexibility index (Phi) is 3.42. The molecule has 1 heterocycles. The van der Waals surface area contributed by atoms with Crippen LogP contribution >= 0.6 is 0 Å². The Balaban J connectivity index is 2.10. The van der Waals surface area contributed by atoms with Crippen LogP contribution in [0.2, 0.25) is 0 Å². The molecule has 0 spiro atoms. The van der Waals surface area contributed by atoms with Crippen LogP contribution < -0.4 is 5.32 Å². The van der Waals surface area contributed by atoms with E-state index in [0.29, 0.717) is 17.8 Å². The molecule has 0 aliphatic heterocycles. The highest BCUT2D eigenvalue weighted by atomic mass is 16.5. The summed E-state index contributed by atoms with van der Waals surface area (Å²) in [6, 6.07) is 8.54. The Bertz CT molecular complexity index is 474. The summed E-state index contributed by atoms with van der Waals surface area (Å²) in [4.78, 5) is 4.29. The van der Waals surface area contributed by atoms with E-state index < -0.39 is 0 Å². The third kappa shape index (κ3) is 3.06. The third-order valence-corrected chi connectivity index (χ3v) is 2.40. The summed E-state index contributed by atoms with van der Waals surface area (Å²) in [7, 11) is 0. The first kappa shape index (κ1) is 11.6. The number of benzene rings is 1. The highest BCUT2D eigenvalue weighted by Crippen LogP contribution is 2.18. The van der Waals surface area contributed by atoms with Crippen molar-refractivity contribution in [3.05, 3.63) is 29.8 Å². The maximum absolute atomic E-state index is 5.13. The molecule has 0 fully saturated rings. The number of nitrogens with one attached hydrogen (secondary N) is 1. The van der Waals surface area contributed by atoms with Crippen LogP contribution in [0.4, 0.5) is 6.01 Å². The number of anilines is 1. The minimum Gasteiger partial charge on any atom is -0.337 e. The first-order valence-corrected chi connectivity index (χ1v) is 5.80. The first-order valence-electron chi connectivity index (χ1n) is 5.80. The quantitative estimate of drug-likeness (QED) is 0.878. The van der Waals surface area contributed by atoms with Crippen molar-refractivity contribution in [3.63, 3.8) is 0 Å². The molecule has 90 valence electrons. The lowest BCUT2D eigenvalue weighted by Gasteiger charge is -2.02. The van der Waals surface area contributed by atoms with Gasteiger partial charge in [-0.1, -0.05) is 48.8 Å². The number of hydrogen-bond acceptors (Lipinski definition) is 4. The Labute approximate surface area is 101 Å². The zero-order valence-corrected chi connectivity index (χ0v) is 10.4. The van der Waals surface area contributed by atoms with E-state index in [9.17, 15) is 0 Å². The van der Waals surface area contributed by atoms with E-state index >= 15 is 0 Å². The lowest BCUT2D eigenvalue weighted by Crippen LogP contribution is -2.07. The van der Waals surface area contributed by atoms with Crippen molar-refractivity contribution in [1.29, 1.82) is 0 Å². The molecule has 0 unspecified atom stereocenters. The van der Waals surface area contributed by atoms with Crippen molar-refractivity contribution in [2.45, 2.75) is 20.8 Å². The topological polar surface area (TPSA) is 51.0 Å². The predicted molar refractivity (Wildman–Crippen MR) is 67.8 cm³/mol. The molecule has 0 amide bonds. The highest BCUT2D eigenvalue weighted by molar-refractivity contribution is 5.55. The van der Waals surface area contributed by atoms with Crippen molar-refractivity contribution in [2.75, 3.05) is 11.9 Å². The van der Waals surface area contributed by atoms with Gasteiger partial charge in [0.15, 0.2) is 0 Å². The van der Waals surface area contributed by atoms with Crippen LogP contribution in [0.1, 0.15) is 19.4 Å². The molecule has 17 heavy (non-hydrogen) atoms. The molecule has 1 aromatic carbocycles. The van der Waals surface area contributed by atoms with Crippen LogP contribution in [0.3, 0.4) is 0 Å². The highest BCUT2D eigenvalue weighted by Gasteiger charge is 2.07. The molecule has 4 nitrogen and oxygen atoms in total. The van der Waals surface area contributed by atoms with Gasteiger partial charge in [-0.15, -0.1) is 0 Å². The second-order valence-electron chi connectivity index (χ2n) is 4.56. The molecular formula is C13H17N3O. The predicted octanol–water partition coefficient (Wildman–Crippen LogP) is 3.11. The molecule has 0 radical (unpaired) electrons. The molecule has 0 bridgehead atoms. The second kappa shape index (κ2) is 4.99. The van der Waals surface area contributed by atoms with E-state index in [1.807, 2.05) is 24.3 Å². The van der Waals surface area contributed by atoms with Gasteiger partial charge in [0, 0.05) is 12.1 Å². The van der Waals surface area contributed by atoms with E-state index in [1.54, 1.807) is 0 Å². The summed E-state index contributed by atoms with van der Waals surface area (Å²) >= 11 is 0. The van der Waals surface area contributed by atoms with Gasteiger partial charge >= 0.3 is 6.01 Å². The molecule has 0 aliphatic carbocycles. The maximum atomic E-state index is 5.13. The standard InChI is InChI=1S/C13H17N3O/c1-9(2)8-14-13-15-12(16-17-13)11-6-4-10(3)5-7-11/h4-7,9H,8H2,1-3H3,(H,14,15,16). The lowest BCUT2D eigenvalue weighted by atomic mass is 10.1. The molecule has 0 saturated heterocycles. The zero-order chi connectivity index (χ0) is 12.3. The lowest BCUT2D eigenvalue weighted by molar-refractivity contribution is 0.429. The van der Waals surface area contributed by atoms with Gasteiger partial charge in [-0.2, -0.15) is 4.98 Å². The molecule has 0 saturated carbocycles. The Morgan fingerprint density at radius 2 is 1.94 bits per heavy atom. The van der Waals surface area contributed by atoms with E-state index in [1.165, 1.54) is 5.56 Å². The number of rotatable bonds is 4. The maximum Gasteiger partial charge on any atom is 0.321 e. The monoisotopic (exact) mass is 231 g/mol. The van der Waals surface area contributed by atoms with Crippen LogP contribution in [-0.4, -0.2) is 16.7 Å². The average Bonchev–Trinajstić information content (AvgIpc) is 2.76. The zero-order valence-electron chi connectivity index (χ0n) is 10.4. The number of hydrogen-bond donors (Lipinski definition) is 1. The molecule has 0 atom stereocenters. The fourth-order valence-electron chi connectivity index (χ4n) is 1.41. The summed E-state index contributed by atoms with van der Waals surface area (Å²) in [5.74, 6) is 1.17. The van der Waals surface area contributed by atoms with E-state index in [0.717, 1.165) is 12.1 Å². The minimum atomic E-state index is 0.481. The van der Waals surface area contributed by atoms with Gasteiger partial charge in [0.05, 0.1) is 0 Å². The van der Waals surface area contributed by atoms with Crippen molar-refractivity contribution >= 4 is 6.01 Å². The van der Waals surface area contributed by atoms with Crippen molar-refractivity contribution in [2.24, 2.45) is 5.92 Å². The summed E-state index contributed by atoms with van der Waals surface area (Å²) < 4.78 is 5.13. The molecule has 2 aromatic rings. The van der Waals surface area contributed by atoms with Crippen LogP contribution in [-0.2, 0) is 0 Å². The van der Waals surface area contributed by atoms with Crippen molar-refractivity contribution < 1.29 is 4.52 Å². The van der Waals surface area contributed by atoms with E-state index in [-0.39, 0.29) is 0 Å². The van der Waals surface area contributed by atoms with Gasteiger partial charge in [-0.05, 0) is 12.8 Å². The summed E-state index contributed by atoms with van der Waals surface area (Å²) in [6.45, 7) is 7.14. The Morgan fingerprint density at radius 1 is 1.24 bits per heavy atom. The summed E-state index contributed by atoms with van der Waals surface area (Å²) in [5.41, 5.74) is 2.19. The van der Waals surface area contributed by atoms with E-state index in [4.69, 9.17) is 4.52 Å². The fraction of sp³-hybridized carbons (Fsp3) is 0.385. The van der Waals surface area contributed by atoms with Gasteiger partial charge in [0.2, 0.25) is 5.82 Å². The van der Waals surface area contributed by atoms with Crippen LogP contribution in [0.25, 0.3) is 11.4 Å². The summed E-state index contributed by atoms with van der Waals surface area (Å²) in [5, 5.41) is 7.05. The third-order valence-electron chi connectivity index (χ3n) is 2.40. The first-order chi connectivity index (χ1) is 8.15. The molecule has 4 heteroatoms. The Morgan fingerprint density at radius 3 is 2.59 bits per heavy atom. The summed E-state index contributed by atoms with van der Waals surface area (Å²) in [6.07, 6.45) is 0. The largest absolute Gasteiger partial charge is 0.337 e. The second-order valence-corrected chi connectivity index (χ2v) is 4.56. The van der Waals surface area contributed by atoms with Crippen LogP contribution in [0.15, 0.2) is 28.8 Å². The molecule has 2 rings (SSSR count). The number of aryl methyl sites for hydroxylation is 1. The average molecular weight is 231 g/mol. The fourth-order valence-corrected chi connectivity index (χ4v) is 1.41. The number of nitrogens with zero attached hydrogens (tertiary/aromatic N) is 2. The molecule has 1 N–H and O–H groups in total. The molecule has 1 aromatic heterocycles. The van der Waals surface area contributed by atoms with Crippen molar-refractivity contribution in [1.82, 2.24) is 10.1 Å². The van der Waals surface area contributed by atoms with Crippen LogP contribution in [0.5, 0.6) is 0 Å². The SMILES string of the molecule is Cc1ccc(-c2noc(NCC(C)C)n2)cc1. The Hall–Kier alpha value is -1.84. The number of aromatic nitrogens is 2. The minimum absolute atomic E-state index is 0.481. The van der Waals surface area contributed by atoms with Gasteiger partial charge in [-0.3, -0.25) is 0 Å². The van der Waals surface area contributed by atoms with Gasteiger partial charge in [-0.25, -0.2) is 0 Å². The van der Waals surface area contributed by atoms with Crippen molar-refractivity contribution in [3.8, 4) is 11.4 Å². The smallest absolute Gasteiger partial charge is 0.321 e. The normalized spacial score (nSPS) is 10.8. The van der Waals surface area contributed by atoms with Crippen LogP contribution in [0, 0.1) is 12.8 Å². The van der Waals surface area contributed by atoms with Gasteiger partial charge < -0.3 is 9.84 Å². The van der Waals surface area contributed by atoms with E-state index in [2.05, 4.69) is 36.2 Å². The van der Waals surface area contributed by atoms with Gasteiger partial charge in [0.1, 0.15) is 0 Å². The molecule has 0 aliphatic rings. The van der Waals surface area contributed by atoms with Gasteiger partial charge in [0.25, 0.3) is 0 Å². The molecular weight excluding hydrogens is 214 g/mol.